The van der Waals surface area contributed by atoms with Gasteiger partial charge in [-0.05, 0) is 55.2 Å². The lowest BCUT2D eigenvalue weighted by Gasteiger charge is -2.30. The van der Waals surface area contributed by atoms with Gasteiger partial charge in [0.15, 0.2) is 9.84 Å². The summed E-state index contributed by atoms with van der Waals surface area (Å²) in [5.74, 6) is -6.35. The van der Waals surface area contributed by atoms with Gasteiger partial charge in [-0.25, -0.2) is 13.2 Å². The molecule has 6 N–H and O–H groups in total. The summed E-state index contributed by atoms with van der Waals surface area (Å²) >= 11 is 0. The van der Waals surface area contributed by atoms with E-state index in [9.17, 15) is 47.4 Å². The quantitative estimate of drug-likeness (QED) is 0.129. The van der Waals surface area contributed by atoms with E-state index in [1.807, 2.05) is 24.3 Å². The largest absolute Gasteiger partial charge is 0.481 e. The summed E-state index contributed by atoms with van der Waals surface area (Å²) in [5, 5.41) is 29.0. The lowest BCUT2D eigenvalue weighted by Crippen LogP contribution is -2.60. The predicted octanol–water partition coefficient (Wildman–Crippen LogP) is 2.09. The number of alkyl carbamates (subject to hydrolysis) is 1. The molecule has 2 aromatic carbocycles. The van der Waals surface area contributed by atoms with Gasteiger partial charge in [0.25, 0.3) is 0 Å². The first kappa shape index (κ1) is 41.2. The number of carbonyl (C=O) groups excluding carboxylic acids is 4. The fourth-order valence-electron chi connectivity index (χ4n) is 5.54. The van der Waals surface area contributed by atoms with Gasteiger partial charge in [0, 0.05) is 5.41 Å². The van der Waals surface area contributed by atoms with Gasteiger partial charge in [0.05, 0.1) is 24.1 Å². The van der Waals surface area contributed by atoms with Crippen LogP contribution in [0.4, 0.5) is 4.79 Å². The molecule has 0 aliphatic heterocycles. The van der Waals surface area contributed by atoms with Gasteiger partial charge in [-0.2, -0.15) is 0 Å². The zero-order chi connectivity index (χ0) is 38.6. The molecule has 0 heterocycles. The van der Waals surface area contributed by atoms with E-state index in [0.29, 0.717) is 18.4 Å². The zero-order valence-electron chi connectivity index (χ0n) is 29.4. The number of nitrogens with one attached hydrogen (secondary N) is 4. The van der Waals surface area contributed by atoms with Crippen LogP contribution in [0.15, 0.2) is 66.1 Å². The number of carboxylic acids is 2. The van der Waals surface area contributed by atoms with Crippen LogP contribution in [0.25, 0.3) is 0 Å². The van der Waals surface area contributed by atoms with Crippen molar-refractivity contribution < 1.29 is 52.1 Å². The number of sulfone groups is 1. The van der Waals surface area contributed by atoms with E-state index in [-0.39, 0.29) is 6.61 Å². The molecule has 282 valence electrons. The van der Waals surface area contributed by atoms with Crippen LogP contribution in [-0.2, 0) is 58.0 Å². The number of ether oxygens (including phenoxy) is 1. The number of hydrogen-bond acceptors (Lipinski definition) is 9. The van der Waals surface area contributed by atoms with Gasteiger partial charge in [-0.1, -0.05) is 74.5 Å². The van der Waals surface area contributed by atoms with Crippen molar-refractivity contribution in [1.82, 2.24) is 21.3 Å². The maximum absolute atomic E-state index is 14.0. The fourth-order valence-corrected chi connectivity index (χ4v) is 6.26. The van der Waals surface area contributed by atoms with Gasteiger partial charge in [-0.15, -0.1) is 0 Å². The van der Waals surface area contributed by atoms with Crippen molar-refractivity contribution in [3.63, 3.8) is 0 Å². The molecule has 2 aromatic rings. The number of amides is 4. The minimum Gasteiger partial charge on any atom is -0.481 e. The Balaban J connectivity index is 1.84. The fraction of sp³-hybridized carbons (Fsp3) is 0.444. The van der Waals surface area contributed by atoms with Gasteiger partial charge >= 0.3 is 18.0 Å². The van der Waals surface area contributed by atoms with Crippen molar-refractivity contribution in [3.8, 4) is 0 Å². The van der Waals surface area contributed by atoms with Crippen LogP contribution in [0, 0.1) is 11.8 Å². The first-order valence-corrected chi connectivity index (χ1v) is 18.4. The molecular weight excluding hydrogens is 696 g/mol. The first-order valence-electron chi connectivity index (χ1n) is 16.8. The maximum atomic E-state index is 14.0. The Bertz CT molecular complexity index is 1720. The summed E-state index contributed by atoms with van der Waals surface area (Å²) in [5.41, 5.74) is 2.52. The Hall–Kier alpha value is -5.25. The highest BCUT2D eigenvalue weighted by Crippen LogP contribution is 2.29. The molecule has 15 nitrogen and oxygen atoms in total. The van der Waals surface area contributed by atoms with E-state index in [1.165, 1.54) is 13.8 Å². The molecule has 0 spiro atoms. The highest BCUT2D eigenvalue weighted by molar-refractivity contribution is 7.94. The predicted molar refractivity (Wildman–Crippen MR) is 189 cm³/mol. The van der Waals surface area contributed by atoms with Crippen LogP contribution < -0.4 is 21.3 Å². The standard InChI is InChI=1S/C36H46N4O11S/c1-21(2)31(34(46)37-27(18-29(41)42)14-15-52(49,50)22(3)4)39-35(47)32(26-16-24-12-8-9-13-25(24)17-26)40-33(45)28(19-30(43)44)38-36(48)51-20-23-10-6-5-7-11-23/h5-15,21-22,26-28,31-32H,16-20H2,1-4H3,(H,37,46)(H,38,48)(H,39,47)(H,40,45)(H,41,42)(H,43,44)/b15-14+/t27-,28+,31+,32?/m1/s1. The monoisotopic (exact) mass is 742 g/mol. The van der Waals surface area contributed by atoms with Gasteiger partial charge in [-0.3, -0.25) is 24.0 Å². The maximum Gasteiger partial charge on any atom is 0.408 e. The van der Waals surface area contributed by atoms with Crippen molar-refractivity contribution in [2.24, 2.45) is 11.8 Å². The molecular formula is C36H46N4O11S. The highest BCUT2D eigenvalue weighted by Gasteiger charge is 2.38. The minimum atomic E-state index is -3.72. The molecule has 0 aromatic heterocycles. The second-order valence-electron chi connectivity index (χ2n) is 13.2. The van der Waals surface area contributed by atoms with Crippen LogP contribution >= 0.6 is 0 Å². The molecule has 16 heteroatoms. The van der Waals surface area contributed by atoms with Crippen molar-refractivity contribution in [2.45, 2.75) is 89.4 Å². The number of carbonyl (C=O) groups is 6. The molecule has 4 amide bonds. The summed E-state index contributed by atoms with van der Waals surface area (Å²) in [7, 11) is -3.72. The number of aliphatic carboxylic acids is 2. The third-order valence-corrected chi connectivity index (χ3v) is 10.3. The SMILES string of the molecule is CC(C)[C@H](NC(=O)C(NC(=O)[C@H](CC(=O)O)NC(=O)OCc1ccccc1)C1Cc2ccccc2C1)C(=O)N[C@H](/C=C/S(=O)(=O)C(C)C)CC(=O)O. The van der Waals surface area contributed by atoms with E-state index in [2.05, 4.69) is 21.3 Å². The number of benzene rings is 2. The molecule has 52 heavy (non-hydrogen) atoms. The topological polar surface area (TPSA) is 234 Å². The van der Waals surface area contributed by atoms with Gasteiger partial charge in [0.2, 0.25) is 17.7 Å². The Morgan fingerprint density at radius 2 is 1.35 bits per heavy atom. The van der Waals surface area contributed by atoms with Crippen LogP contribution in [0.5, 0.6) is 0 Å². The second-order valence-corrected chi connectivity index (χ2v) is 15.6. The second kappa shape index (κ2) is 18.8. The van der Waals surface area contributed by atoms with Crippen LogP contribution in [-0.4, -0.2) is 83.8 Å². The Morgan fingerprint density at radius 1 is 0.769 bits per heavy atom. The molecule has 0 bridgehead atoms. The summed E-state index contributed by atoms with van der Waals surface area (Å²) in [6, 6.07) is 10.7. The third kappa shape index (κ3) is 12.5. The molecule has 3 rings (SSSR count). The molecule has 0 saturated carbocycles. The molecule has 1 unspecified atom stereocenters. The Morgan fingerprint density at radius 3 is 1.88 bits per heavy atom. The number of rotatable bonds is 18. The summed E-state index contributed by atoms with van der Waals surface area (Å²) in [4.78, 5) is 77.0. The van der Waals surface area contributed by atoms with E-state index in [1.54, 1.807) is 44.2 Å². The van der Waals surface area contributed by atoms with Crippen LogP contribution in [0.3, 0.4) is 0 Å². The molecule has 1 aliphatic rings. The van der Waals surface area contributed by atoms with E-state index in [4.69, 9.17) is 4.74 Å². The van der Waals surface area contributed by atoms with E-state index in [0.717, 1.165) is 22.6 Å². The molecule has 0 fully saturated rings. The number of carboxylic acid groups (broad SMARTS) is 2. The van der Waals surface area contributed by atoms with E-state index < -0.39 is 99.7 Å². The minimum absolute atomic E-state index is 0.144. The van der Waals surface area contributed by atoms with Gasteiger partial charge in [0.1, 0.15) is 24.7 Å². The van der Waals surface area contributed by atoms with E-state index >= 15 is 0 Å². The van der Waals surface area contributed by atoms with Crippen LogP contribution in [0.2, 0.25) is 0 Å². The molecule has 0 radical (unpaired) electrons. The highest BCUT2D eigenvalue weighted by atomic mass is 32.2. The van der Waals surface area contributed by atoms with Gasteiger partial charge < -0.3 is 36.2 Å². The average Bonchev–Trinajstić information content (AvgIpc) is 3.51. The third-order valence-electron chi connectivity index (χ3n) is 8.46. The summed E-state index contributed by atoms with van der Waals surface area (Å²) in [6.07, 6.45) is -0.729. The van der Waals surface area contributed by atoms with Crippen molar-refractivity contribution in [1.29, 1.82) is 0 Å². The van der Waals surface area contributed by atoms with Crippen molar-refractivity contribution >= 4 is 45.6 Å². The Kier molecular flexibility index (Phi) is 14.9. The lowest BCUT2D eigenvalue weighted by atomic mass is 9.93. The lowest BCUT2D eigenvalue weighted by molar-refractivity contribution is -0.140. The van der Waals surface area contributed by atoms with Crippen LogP contribution in [0.1, 0.15) is 57.2 Å². The molecule has 1 aliphatic carbocycles. The number of fused-ring (bicyclic) bond motifs is 1. The average molecular weight is 743 g/mol. The first-order chi connectivity index (χ1) is 24.5. The zero-order valence-corrected chi connectivity index (χ0v) is 30.2. The molecule has 0 saturated heterocycles. The normalized spacial score (nSPS) is 15.3. The summed E-state index contributed by atoms with van der Waals surface area (Å²) in [6.45, 7) is 6.01. The Labute approximate surface area is 302 Å². The molecule has 4 atom stereocenters. The number of hydrogen-bond donors (Lipinski definition) is 6. The van der Waals surface area contributed by atoms with Crippen molar-refractivity contribution in [3.05, 3.63) is 82.8 Å². The smallest absolute Gasteiger partial charge is 0.408 e. The summed E-state index contributed by atoms with van der Waals surface area (Å²) < 4.78 is 29.8. The van der Waals surface area contributed by atoms with Crippen molar-refractivity contribution in [2.75, 3.05) is 0 Å².